The number of aryl methyl sites for hydroxylation is 1. The number of para-hydroxylation sites is 1. The van der Waals surface area contributed by atoms with Crippen LogP contribution in [0.4, 0.5) is 0 Å². The molecule has 1 saturated carbocycles. The third-order valence-corrected chi connectivity index (χ3v) is 5.00. The molecule has 0 radical (unpaired) electrons. The highest BCUT2D eigenvalue weighted by Gasteiger charge is 2.16. The van der Waals surface area contributed by atoms with Gasteiger partial charge in [-0.3, -0.25) is 4.79 Å². The Morgan fingerprint density at radius 3 is 2.82 bits per heavy atom. The van der Waals surface area contributed by atoms with Crippen molar-refractivity contribution < 1.29 is 14.3 Å². The quantitative estimate of drug-likeness (QED) is 0.589. The lowest BCUT2D eigenvalue weighted by atomic mass is 9.95. The smallest absolute Gasteiger partial charge is 0.331 e. The summed E-state index contributed by atoms with van der Waals surface area (Å²) in [5, 5.41) is 12.7. The molecule has 1 N–H and O–H groups in total. The lowest BCUT2D eigenvalue weighted by Gasteiger charge is -2.22. The summed E-state index contributed by atoms with van der Waals surface area (Å²) in [4.78, 5) is 23.9. The molecule has 1 fully saturated rings. The minimum atomic E-state index is -0.548. The number of fused-ring (bicyclic) bond motifs is 1. The summed E-state index contributed by atoms with van der Waals surface area (Å²) in [5.74, 6) is -0.797. The Morgan fingerprint density at radius 2 is 2.04 bits per heavy atom. The summed E-state index contributed by atoms with van der Waals surface area (Å²) in [6, 6.07) is 10.2. The van der Waals surface area contributed by atoms with Crippen LogP contribution < -0.4 is 5.32 Å². The molecule has 0 bridgehead atoms. The Hall–Kier alpha value is -3.07. The fraction of sp³-hybridized carbons (Fsp3) is 0.409. The molecule has 1 aliphatic rings. The molecule has 0 spiro atoms. The van der Waals surface area contributed by atoms with Crippen molar-refractivity contribution in [1.82, 2.24) is 9.88 Å². The molecule has 6 heteroatoms. The van der Waals surface area contributed by atoms with E-state index >= 15 is 0 Å². The van der Waals surface area contributed by atoms with Crippen LogP contribution in [-0.4, -0.2) is 29.1 Å². The molecule has 0 atom stereocenters. The minimum Gasteiger partial charge on any atom is -0.452 e. The van der Waals surface area contributed by atoms with Gasteiger partial charge < -0.3 is 14.6 Å². The van der Waals surface area contributed by atoms with Gasteiger partial charge >= 0.3 is 5.97 Å². The fourth-order valence-electron chi connectivity index (χ4n) is 3.62. The van der Waals surface area contributed by atoms with Gasteiger partial charge in [-0.05, 0) is 25.0 Å². The highest BCUT2D eigenvalue weighted by Crippen LogP contribution is 2.23. The van der Waals surface area contributed by atoms with Gasteiger partial charge in [0.2, 0.25) is 0 Å². The maximum Gasteiger partial charge on any atom is 0.331 e. The maximum absolute atomic E-state index is 12.0. The molecule has 1 aromatic carbocycles. The van der Waals surface area contributed by atoms with Crippen LogP contribution in [0.1, 0.15) is 44.1 Å². The van der Waals surface area contributed by atoms with Crippen LogP contribution in [0.25, 0.3) is 17.0 Å². The molecule has 0 aliphatic heterocycles. The van der Waals surface area contributed by atoms with E-state index in [-0.39, 0.29) is 18.6 Å². The zero-order chi connectivity index (χ0) is 19.8. The summed E-state index contributed by atoms with van der Waals surface area (Å²) >= 11 is 0. The average Bonchev–Trinajstić information content (AvgIpc) is 3.08. The van der Waals surface area contributed by atoms with Gasteiger partial charge in [0, 0.05) is 41.3 Å². The fourth-order valence-corrected chi connectivity index (χ4v) is 3.62. The van der Waals surface area contributed by atoms with Crippen LogP contribution in [0.15, 0.2) is 36.5 Å². The zero-order valence-corrected chi connectivity index (χ0v) is 15.9. The molecule has 28 heavy (non-hydrogen) atoms. The molecular formula is C22H25N3O3. The predicted octanol–water partition coefficient (Wildman–Crippen LogP) is 3.56. The average molecular weight is 379 g/mol. The number of benzene rings is 1. The third kappa shape index (κ3) is 5.23. The van der Waals surface area contributed by atoms with E-state index in [1.807, 2.05) is 35.0 Å². The minimum absolute atomic E-state index is 0.204. The molecule has 6 nitrogen and oxygen atoms in total. The topological polar surface area (TPSA) is 84.1 Å². The number of amides is 1. The number of aromatic nitrogens is 1. The van der Waals surface area contributed by atoms with Crippen molar-refractivity contribution >= 4 is 28.9 Å². The highest BCUT2D eigenvalue weighted by molar-refractivity contribution is 5.95. The molecule has 0 saturated heterocycles. The first kappa shape index (κ1) is 19.7. The lowest BCUT2D eigenvalue weighted by Crippen LogP contribution is -2.38. The normalized spacial score (nSPS) is 14.8. The summed E-state index contributed by atoms with van der Waals surface area (Å²) in [5.41, 5.74) is 1.88. The third-order valence-electron chi connectivity index (χ3n) is 5.00. The monoisotopic (exact) mass is 379 g/mol. The van der Waals surface area contributed by atoms with Gasteiger partial charge in [-0.25, -0.2) is 4.79 Å². The van der Waals surface area contributed by atoms with E-state index in [0.29, 0.717) is 13.0 Å². The van der Waals surface area contributed by atoms with Crippen molar-refractivity contribution in [1.29, 1.82) is 5.26 Å². The number of esters is 1. The summed E-state index contributed by atoms with van der Waals surface area (Å²) in [7, 11) is 0. The highest BCUT2D eigenvalue weighted by atomic mass is 16.5. The predicted molar refractivity (Wildman–Crippen MR) is 107 cm³/mol. The van der Waals surface area contributed by atoms with Gasteiger partial charge in [-0.1, -0.05) is 37.5 Å². The Labute approximate surface area is 164 Å². The van der Waals surface area contributed by atoms with Crippen LogP contribution in [0.2, 0.25) is 0 Å². The number of nitrogens with zero attached hydrogens (tertiary/aromatic N) is 2. The van der Waals surface area contributed by atoms with E-state index in [1.54, 1.807) is 6.08 Å². The molecule has 0 unspecified atom stereocenters. The molecular weight excluding hydrogens is 354 g/mol. The van der Waals surface area contributed by atoms with Gasteiger partial charge in [-0.2, -0.15) is 5.26 Å². The van der Waals surface area contributed by atoms with Gasteiger partial charge in [0.15, 0.2) is 6.61 Å². The van der Waals surface area contributed by atoms with Crippen LogP contribution >= 0.6 is 0 Å². The molecule has 146 valence electrons. The first-order valence-electron chi connectivity index (χ1n) is 9.76. The van der Waals surface area contributed by atoms with Gasteiger partial charge in [-0.15, -0.1) is 0 Å². The molecule has 2 aromatic rings. The SMILES string of the molecule is N#CCCn1cc(/C=C/C(=O)OCC(=O)NC2CCCCC2)c2ccccc21. The van der Waals surface area contributed by atoms with Crippen LogP contribution in [0, 0.1) is 11.3 Å². The summed E-state index contributed by atoms with van der Waals surface area (Å²) in [6.45, 7) is 0.334. The Balaban J connectivity index is 1.56. The van der Waals surface area contributed by atoms with E-state index in [4.69, 9.17) is 10.00 Å². The molecule has 1 aliphatic carbocycles. The number of nitriles is 1. The van der Waals surface area contributed by atoms with Crippen molar-refractivity contribution in [2.45, 2.75) is 51.1 Å². The van der Waals surface area contributed by atoms with Gasteiger partial charge in [0.25, 0.3) is 5.91 Å². The number of carbonyl (C=O) groups excluding carboxylic acids is 2. The van der Waals surface area contributed by atoms with E-state index in [9.17, 15) is 9.59 Å². The van der Waals surface area contributed by atoms with Crippen LogP contribution in [0.5, 0.6) is 0 Å². The van der Waals surface area contributed by atoms with Crippen molar-refractivity contribution in [3.63, 3.8) is 0 Å². The molecule has 1 aromatic heterocycles. The standard InChI is InChI=1S/C22H25N3O3/c23-13-6-14-25-15-17(19-9-4-5-10-20(19)25)11-12-22(27)28-16-21(26)24-18-7-2-1-3-8-18/h4-5,9-12,15,18H,1-3,6-8,14,16H2,(H,24,26)/b12-11+. The first-order chi connectivity index (χ1) is 13.7. The van der Waals surface area contributed by atoms with Gasteiger partial charge in [0.1, 0.15) is 0 Å². The number of hydrogen-bond donors (Lipinski definition) is 1. The van der Waals surface area contributed by atoms with E-state index in [1.165, 1.54) is 12.5 Å². The largest absolute Gasteiger partial charge is 0.452 e. The van der Waals surface area contributed by atoms with Crippen molar-refractivity contribution in [3.05, 3.63) is 42.1 Å². The Kier molecular flexibility index (Phi) is 6.85. The molecule has 1 heterocycles. The summed E-state index contributed by atoms with van der Waals surface area (Å²) < 4.78 is 7.06. The second-order valence-corrected chi connectivity index (χ2v) is 7.05. The number of rotatable bonds is 7. The van der Waals surface area contributed by atoms with Crippen LogP contribution in [-0.2, 0) is 20.9 Å². The Bertz CT molecular complexity index is 901. The first-order valence-corrected chi connectivity index (χ1v) is 9.76. The van der Waals surface area contributed by atoms with Crippen molar-refractivity contribution in [2.75, 3.05) is 6.61 Å². The van der Waals surface area contributed by atoms with Gasteiger partial charge in [0.05, 0.1) is 12.5 Å². The molecule has 1 amide bonds. The Morgan fingerprint density at radius 1 is 1.25 bits per heavy atom. The van der Waals surface area contributed by atoms with E-state index < -0.39 is 5.97 Å². The lowest BCUT2D eigenvalue weighted by molar-refractivity contribution is -0.144. The number of nitrogens with one attached hydrogen (secondary N) is 1. The molecule has 3 rings (SSSR count). The second kappa shape index (κ2) is 9.75. The summed E-state index contributed by atoms with van der Waals surface area (Å²) in [6.07, 6.45) is 10.8. The second-order valence-electron chi connectivity index (χ2n) is 7.05. The number of carbonyl (C=O) groups is 2. The van der Waals surface area contributed by atoms with E-state index in [0.717, 1.165) is 42.1 Å². The van der Waals surface area contributed by atoms with Crippen molar-refractivity contribution in [3.8, 4) is 6.07 Å². The number of hydrogen-bond acceptors (Lipinski definition) is 4. The van der Waals surface area contributed by atoms with Crippen molar-refractivity contribution in [2.24, 2.45) is 0 Å². The van der Waals surface area contributed by atoms with Crippen LogP contribution in [0.3, 0.4) is 0 Å². The van der Waals surface area contributed by atoms with E-state index in [2.05, 4.69) is 11.4 Å². The zero-order valence-electron chi connectivity index (χ0n) is 15.9. The maximum atomic E-state index is 12.0. The number of ether oxygens (including phenoxy) is 1.